The van der Waals surface area contributed by atoms with Crippen molar-refractivity contribution in [2.45, 2.75) is 51.6 Å². The average molecular weight is 470 g/mol. The molecule has 2 N–H and O–H groups in total. The lowest BCUT2D eigenvalue weighted by Crippen LogP contribution is -2.44. The van der Waals surface area contributed by atoms with E-state index in [1.54, 1.807) is 0 Å². The highest BCUT2D eigenvalue weighted by Gasteiger charge is 2.46. The minimum absolute atomic E-state index is 0.199. The van der Waals surface area contributed by atoms with E-state index in [-0.39, 0.29) is 23.8 Å². The van der Waals surface area contributed by atoms with E-state index in [4.69, 9.17) is 9.47 Å². The summed E-state index contributed by atoms with van der Waals surface area (Å²) in [4.78, 5) is 32.5. The van der Waals surface area contributed by atoms with Crippen molar-refractivity contribution >= 4 is 17.8 Å². The van der Waals surface area contributed by atoms with Gasteiger partial charge in [-0.3, -0.25) is 20.0 Å². The monoisotopic (exact) mass is 469 g/mol. The van der Waals surface area contributed by atoms with Gasteiger partial charge < -0.3 is 14.8 Å². The van der Waals surface area contributed by atoms with Crippen molar-refractivity contribution < 1.29 is 19.1 Å². The molecule has 1 aliphatic heterocycles. The number of aliphatic imine (C=N–C) groups is 1. The lowest BCUT2D eigenvalue weighted by atomic mass is 9.88. The molecule has 0 radical (unpaired) electrons. The van der Waals surface area contributed by atoms with Crippen LogP contribution in [0.4, 0.5) is 4.79 Å². The number of ether oxygens (including phenoxy) is 2. The summed E-state index contributed by atoms with van der Waals surface area (Å²) in [5, 5.41) is 15.0. The number of nitrogens with zero attached hydrogens (tertiary/aromatic N) is 3. The standard InChI is InChI=1S/C25H35N5O4/c1-24(2,3)17-20(22(31)29-25(18-26)9-10-25)27-21(19-7-5-4-6-8-19)28-23(32)34-16-13-30-11-14-33-15-12-30/h4-8,20H,9-17H2,1-3H3,(H,29,31)(H,27,28,32)/t20-/m0/s1. The molecule has 9 heteroatoms. The second-order valence-electron chi connectivity index (χ2n) is 10.0. The summed E-state index contributed by atoms with van der Waals surface area (Å²) in [6.45, 7) is 9.93. The quantitative estimate of drug-likeness (QED) is 0.446. The normalized spacial score (nSPS) is 18.9. The molecule has 1 saturated heterocycles. The number of nitrogens with one attached hydrogen (secondary N) is 2. The van der Waals surface area contributed by atoms with E-state index in [0.717, 1.165) is 13.1 Å². The van der Waals surface area contributed by atoms with Crippen molar-refractivity contribution in [2.24, 2.45) is 10.4 Å². The SMILES string of the molecule is CC(C)(C)C[C@H](N=C(NC(=O)OCCN1CCOCC1)c1ccccc1)C(=O)NC1(C#N)CC1. The van der Waals surface area contributed by atoms with Crippen molar-refractivity contribution in [3.63, 3.8) is 0 Å². The first-order valence-corrected chi connectivity index (χ1v) is 11.8. The van der Waals surface area contributed by atoms with E-state index in [1.165, 1.54) is 0 Å². The van der Waals surface area contributed by atoms with Crippen LogP contribution in [0, 0.1) is 16.7 Å². The van der Waals surface area contributed by atoms with Gasteiger partial charge in [-0.2, -0.15) is 5.26 Å². The van der Waals surface area contributed by atoms with Gasteiger partial charge in [-0.25, -0.2) is 4.79 Å². The summed E-state index contributed by atoms with van der Waals surface area (Å²) in [6.07, 6.45) is 1.10. The van der Waals surface area contributed by atoms with Crippen molar-refractivity contribution in [1.29, 1.82) is 5.26 Å². The summed E-state index contributed by atoms with van der Waals surface area (Å²) in [5.41, 5.74) is -0.322. The number of hydrogen-bond acceptors (Lipinski definition) is 7. The van der Waals surface area contributed by atoms with Crippen LogP contribution >= 0.6 is 0 Å². The molecule has 0 unspecified atom stereocenters. The summed E-state index contributed by atoms with van der Waals surface area (Å²) in [6, 6.07) is 10.6. The highest BCUT2D eigenvalue weighted by atomic mass is 16.5. The van der Waals surface area contributed by atoms with E-state index in [2.05, 4.69) is 26.6 Å². The molecule has 0 bridgehead atoms. The zero-order chi connectivity index (χ0) is 24.6. The number of morpholine rings is 1. The van der Waals surface area contributed by atoms with Crippen molar-refractivity contribution in [3.8, 4) is 6.07 Å². The predicted molar refractivity (Wildman–Crippen MR) is 128 cm³/mol. The number of hydrogen-bond donors (Lipinski definition) is 2. The number of rotatable bonds is 8. The van der Waals surface area contributed by atoms with Crippen LogP contribution < -0.4 is 10.6 Å². The molecule has 3 rings (SSSR count). The molecule has 1 saturated carbocycles. The molecule has 9 nitrogen and oxygen atoms in total. The summed E-state index contributed by atoms with van der Waals surface area (Å²) >= 11 is 0. The van der Waals surface area contributed by atoms with Crippen LogP contribution in [0.3, 0.4) is 0 Å². The van der Waals surface area contributed by atoms with E-state index in [1.807, 2.05) is 51.1 Å². The topological polar surface area (TPSA) is 116 Å². The van der Waals surface area contributed by atoms with Crippen LogP contribution in [0.25, 0.3) is 0 Å². The average Bonchev–Trinajstić information content (AvgIpc) is 3.58. The third-order valence-electron chi connectivity index (χ3n) is 5.73. The molecule has 2 aliphatic rings. The number of carbonyl (C=O) groups excluding carboxylic acids is 2. The van der Waals surface area contributed by atoms with E-state index >= 15 is 0 Å². The third kappa shape index (κ3) is 8.12. The molecule has 1 atom stereocenters. The largest absolute Gasteiger partial charge is 0.448 e. The molecular formula is C25H35N5O4. The Labute approximate surface area is 201 Å². The number of amides is 2. The molecule has 1 heterocycles. The Bertz CT molecular complexity index is 909. The fraction of sp³-hybridized carbons (Fsp3) is 0.600. The molecule has 0 spiro atoms. The van der Waals surface area contributed by atoms with Gasteiger partial charge in [0.15, 0.2) is 0 Å². The van der Waals surface area contributed by atoms with Crippen LogP contribution in [-0.2, 0) is 14.3 Å². The van der Waals surface area contributed by atoms with E-state index < -0.39 is 17.7 Å². The van der Waals surface area contributed by atoms with Crippen LogP contribution in [0.1, 0.15) is 45.6 Å². The summed E-state index contributed by atoms with van der Waals surface area (Å²) in [5.74, 6) is -0.0481. The van der Waals surface area contributed by atoms with Crippen LogP contribution in [-0.4, -0.2) is 73.8 Å². The molecule has 184 valence electrons. The van der Waals surface area contributed by atoms with Crippen LogP contribution in [0.15, 0.2) is 35.3 Å². The van der Waals surface area contributed by atoms with Gasteiger partial charge in [0.05, 0.1) is 19.3 Å². The Morgan fingerprint density at radius 2 is 1.91 bits per heavy atom. The number of benzene rings is 1. The van der Waals surface area contributed by atoms with Gasteiger partial charge in [0, 0.05) is 25.2 Å². The van der Waals surface area contributed by atoms with Gasteiger partial charge in [-0.1, -0.05) is 51.1 Å². The number of carbonyl (C=O) groups is 2. The van der Waals surface area contributed by atoms with Gasteiger partial charge in [-0.05, 0) is 24.7 Å². The van der Waals surface area contributed by atoms with Gasteiger partial charge in [0.2, 0.25) is 5.91 Å². The minimum atomic E-state index is -0.790. The van der Waals surface area contributed by atoms with Gasteiger partial charge in [-0.15, -0.1) is 0 Å². The Morgan fingerprint density at radius 1 is 1.24 bits per heavy atom. The molecular weight excluding hydrogens is 434 g/mol. The maximum Gasteiger partial charge on any atom is 0.412 e. The Hall–Kier alpha value is -2.96. The Balaban J connectivity index is 1.73. The lowest BCUT2D eigenvalue weighted by Gasteiger charge is -2.26. The van der Waals surface area contributed by atoms with Crippen molar-refractivity contribution in [1.82, 2.24) is 15.5 Å². The fourth-order valence-electron chi connectivity index (χ4n) is 3.64. The minimum Gasteiger partial charge on any atom is -0.448 e. The molecule has 2 fully saturated rings. The second-order valence-corrected chi connectivity index (χ2v) is 10.0. The summed E-state index contributed by atoms with van der Waals surface area (Å²) < 4.78 is 10.7. The molecule has 0 aromatic heterocycles. The third-order valence-corrected chi connectivity index (χ3v) is 5.73. The number of amidine groups is 1. The first-order chi connectivity index (χ1) is 16.2. The second kappa shape index (κ2) is 11.4. The highest BCUT2D eigenvalue weighted by molar-refractivity contribution is 6.07. The predicted octanol–water partition coefficient (Wildman–Crippen LogP) is 2.47. The van der Waals surface area contributed by atoms with Gasteiger partial charge in [0.25, 0.3) is 0 Å². The van der Waals surface area contributed by atoms with E-state index in [9.17, 15) is 14.9 Å². The maximum absolute atomic E-state index is 13.1. The van der Waals surface area contributed by atoms with E-state index in [0.29, 0.717) is 44.6 Å². The zero-order valence-corrected chi connectivity index (χ0v) is 20.3. The first kappa shape index (κ1) is 25.7. The fourth-order valence-corrected chi connectivity index (χ4v) is 3.64. The lowest BCUT2D eigenvalue weighted by molar-refractivity contribution is -0.123. The summed E-state index contributed by atoms with van der Waals surface area (Å²) in [7, 11) is 0. The van der Waals surface area contributed by atoms with Crippen LogP contribution in [0.2, 0.25) is 0 Å². The number of alkyl carbamates (subject to hydrolysis) is 1. The Kier molecular flexibility index (Phi) is 8.64. The van der Waals surface area contributed by atoms with Gasteiger partial charge in [0.1, 0.15) is 24.0 Å². The maximum atomic E-state index is 13.1. The molecule has 2 amide bonds. The highest BCUT2D eigenvalue weighted by Crippen LogP contribution is 2.35. The van der Waals surface area contributed by atoms with Crippen molar-refractivity contribution in [2.75, 3.05) is 39.5 Å². The number of nitriles is 1. The molecule has 34 heavy (non-hydrogen) atoms. The Morgan fingerprint density at radius 3 is 2.50 bits per heavy atom. The first-order valence-electron chi connectivity index (χ1n) is 11.8. The zero-order valence-electron chi connectivity index (χ0n) is 20.3. The molecule has 1 aromatic rings. The molecule has 1 aliphatic carbocycles. The smallest absolute Gasteiger partial charge is 0.412 e. The van der Waals surface area contributed by atoms with Gasteiger partial charge >= 0.3 is 6.09 Å². The van der Waals surface area contributed by atoms with Crippen molar-refractivity contribution in [3.05, 3.63) is 35.9 Å². The van der Waals surface area contributed by atoms with Crippen LogP contribution in [0.5, 0.6) is 0 Å². The molecule has 1 aromatic carbocycles.